The van der Waals surface area contributed by atoms with Crippen molar-refractivity contribution in [3.05, 3.63) is 0 Å². The topological polar surface area (TPSA) is 40.5 Å². The van der Waals surface area contributed by atoms with Gasteiger partial charge in [-0.25, -0.2) is 0 Å². The van der Waals surface area contributed by atoms with Gasteiger partial charge in [-0.05, 0) is 38.5 Å². The Balaban J connectivity index is 2.60. The molecule has 1 N–H and O–H groups in total. The van der Waals surface area contributed by atoms with Crippen molar-refractivity contribution in [3.63, 3.8) is 0 Å². The summed E-state index contributed by atoms with van der Waals surface area (Å²) in [6.07, 6.45) is 8.45. The number of terminal acetylenes is 1. The zero-order valence-corrected chi connectivity index (χ0v) is 8.57. The number of amides is 1. The van der Waals surface area contributed by atoms with E-state index >= 15 is 0 Å². The number of aliphatic hydroxyl groups is 1. The van der Waals surface area contributed by atoms with Gasteiger partial charge in [0.05, 0.1) is 6.10 Å². The molecule has 0 aliphatic carbocycles. The summed E-state index contributed by atoms with van der Waals surface area (Å²) in [5, 5.41) is 9.29. The first-order chi connectivity index (χ1) is 6.65. The lowest BCUT2D eigenvalue weighted by molar-refractivity contribution is -0.129. The van der Waals surface area contributed by atoms with Crippen molar-refractivity contribution in [2.75, 3.05) is 6.54 Å². The van der Waals surface area contributed by atoms with Crippen molar-refractivity contribution in [2.24, 2.45) is 0 Å². The van der Waals surface area contributed by atoms with Crippen molar-refractivity contribution in [1.29, 1.82) is 0 Å². The van der Waals surface area contributed by atoms with Gasteiger partial charge < -0.3 is 10.0 Å². The van der Waals surface area contributed by atoms with Crippen molar-refractivity contribution >= 4 is 5.91 Å². The van der Waals surface area contributed by atoms with Crippen LogP contribution in [0.4, 0.5) is 0 Å². The highest BCUT2D eigenvalue weighted by molar-refractivity contribution is 5.93. The Labute approximate surface area is 85.1 Å². The number of nitrogens with zero attached hydrogens (tertiary/aromatic N) is 1. The summed E-state index contributed by atoms with van der Waals surface area (Å²) in [5.41, 5.74) is 0. The molecule has 2 atom stereocenters. The number of rotatable bonds is 2. The smallest absolute Gasteiger partial charge is 0.298 e. The van der Waals surface area contributed by atoms with Gasteiger partial charge in [-0.1, -0.05) is 0 Å². The first-order valence-corrected chi connectivity index (χ1v) is 5.10. The Morgan fingerprint density at radius 2 is 2.43 bits per heavy atom. The Bertz CT molecular complexity index is 242. The molecule has 0 saturated carbocycles. The second-order valence-electron chi connectivity index (χ2n) is 3.88. The van der Waals surface area contributed by atoms with E-state index in [1.807, 2.05) is 0 Å². The molecule has 1 aliphatic heterocycles. The summed E-state index contributed by atoms with van der Waals surface area (Å²) in [5.74, 6) is 1.90. The van der Waals surface area contributed by atoms with E-state index in [2.05, 4.69) is 5.92 Å². The fourth-order valence-corrected chi connectivity index (χ4v) is 1.99. The van der Waals surface area contributed by atoms with Gasteiger partial charge in [-0.3, -0.25) is 4.79 Å². The zero-order chi connectivity index (χ0) is 10.6. The van der Waals surface area contributed by atoms with Crippen LogP contribution in [-0.2, 0) is 4.79 Å². The van der Waals surface area contributed by atoms with Gasteiger partial charge in [0.2, 0.25) is 0 Å². The highest BCUT2D eigenvalue weighted by Crippen LogP contribution is 2.20. The molecule has 1 saturated heterocycles. The molecule has 1 fully saturated rings. The minimum absolute atomic E-state index is 0.132. The molecule has 14 heavy (non-hydrogen) atoms. The molecule has 2 unspecified atom stereocenters. The maximum atomic E-state index is 11.4. The molecule has 0 spiro atoms. The minimum atomic E-state index is -0.369. The number of carbonyl (C=O) groups is 1. The quantitative estimate of drug-likeness (QED) is 0.661. The lowest BCUT2D eigenvalue weighted by Gasteiger charge is -2.35. The Hall–Kier alpha value is -1.01. The summed E-state index contributed by atoms with van der Waals surface area (Å²) >= 11 is 0. The molecule has 1 rings (SSSR count). The molecule has 0 radical (unpaired) electrons. The third-order valence-electron chi connectivity index (χ3n) is 2.62. The van der Waals surface area contributed by atoms with Crippen LogP contribution in [0.1, 0.15) is 32.6 Å². The molecule has 1 heterocycles. The Kier molecular flexibility index (Phi) is 3.97. The zero-order valence-electron chi connectivity index (χ0n) is 8.57. The maximum Gasteiger partial charge on any atom is 0.298 e. The summed E-state index contributed by atoms with van der Waals surface area (Å²) in [6, 6.07) is 0.132. The summed E-state index contributed by atoms with van der Waals surface area (Å²) < 4.78 is 0. The van der Waals surface area contributed by atoms with E-state index in [9.17, 15) is 9.90 Å². The van der Waals surface area contributed by atoms with E-state index in [1.165, 1.54) is 0 Å². The largest absolute Gasteiger partial charge is 0.393 e. The molecule has 78 valence electrons. The molecular weight excluding hydrogens is 178 g/mol. The SMILES string of the molecule is C#CC(=O)N1CCCCC1CC(C)O. The van der Waals surface area contributed by atoms with Gasteiger partial charge >= 0.3 is 0 Å². The number of carbonyl (C=O) groups excluding carboxylic acids is 1. The second kappa shape index (κ2) is 5.02. The lowest BCUT2D eigenvalue weighted by Crippen LogP contribution is -2.44. The van der Waals surface area contributed by atoms with Crippen LogP contribution in [-0.4, -0.2) is 34.6 Å². The van der Waals surface area contributed by atoms with Gasteiger partial charge in [-0.15, -0.1) is 6.42 Å². The molecule has 3 nitrogen and oxygen atoms in total. The lowest BCUT2D eigenvalue weighted by atomic mass is 9.97. The minimum Gasteiger partial charge on any atom is -0.393 e. The molecular formula is C11H17NO2. The van der Waals surface area contributed by atoms with E-state index in [0.29, 0.717) is 6.42 Å². The van der Waals surface area contributed by atoms with Gasteiger partial charge in [0.15, 0.2) is 0 Å². The maximum absolute atomic E-state index is 11.4. The van der Waals surface area contributed by atoms with Crippen LogP contribution in [0, 0.1) is 12.3 Å². The van der Waals surface area contributed by atoms with E-state index in [0.717, 1.165) is 25.8 Å². The number of piperidine rings is 1. The third-order valence-corrected chi connectivity index (χ3v) is 2.62. The number of likely N-dealkylation sites (tertiary alicyclic amines) is 1. The van der Waals surface area contributed by atoms with Crippen LogP contribution in [0.2, 0.25) is 0 Å². The number of hydrogen-bond acceptors (Lipinski definition) is 2. The van der Waals surface area contributed by atoms with Crippen LogP contribution in [0.25, 0.3) is 0 Å². The third kappa shape index (κ3) is 2.74. The highest BCUT2D eigenvalue weighted by Gasteiger charge is 2.26. The van der Waals surface area contributed by atoms with E-state index in [-0.39, 0.29) is 18.1 Å². The van der Waals surface area contributed by atoms with Crippen LogP contribution >= 0.6 is 0 Å². The van der Waals surface area contributed by atoms with Crippen LogP contribution in [0.15, 0.2) is 0 Å². The van der Waals surface area contributed by atoms with Crippen molar-refractivity contribution in [1.82, 2.24) is 4.90 Å². The fraction of sp³-hybridized carbons (Fsp3) is 0.727. The molecule has 0 aromatic heterocycles. The Morgan fingerprint density at radius 1 is 1.71 bits per heavy atom. The average molecular weight is 195 g/mol. The van der Waals surface area contributed by atoms with Gasteiger partial charge in [-0.2, -0.15) is 0 Å². The van der Waals surface area contributed by atoms with Crippen molar-refractivity contribution < 1.29 is 9.90 Å². The van der Waals surface area contributed by atoms with Crippen molar-refractivity contribution in [2.45, 2.75) is 44.8 Å². The number of hydrogen-bond donors (Lipinski definition) is 1. The molecule has 1 amide bonds. The first-order valence-electron chi connectivity index (χ1n) is 5.10. The van der Waals surface area contributed by atoms with Crippen LogP contribution < -0.4 is 0 Å². The molecule has 0 bridgehead atoms. The molecule has 0 aromatic carbocycles. The van der Waals surface area contributed by atoms with Crippen LogP contribution in [0.3, 0.4) is 0 Å². The predicted molar refractivity (Wildman–Crippen MR) is 54.5 cm³/mol. The van der Waals surface area contributed by atoms with E-state index in [1.54, 1.807) is 11.8 Å². The normalized spacial score (nSPS) is 24.1. The highest BCUT2D eigenvalue weighted by atomic mass is 16.3. The van der Waals surface area contributed by atoms with Crippen LogP contribution in [0.5, 0.6) is 0 Å². The number of aliphatic hydroxyl groups excluding tert-OH is 1. The van der Waals surface area contributed by atoms with E-state index in [4.69, 9.17) is 6.42 Å². The average Bonchev–Trinajstić information content (AvgIpc) is 2.16. The second-order valence-corrected chi connectivity index (χ2v) is 3.88. The van der Waals surface area contributed by atoms with Crippen molar-refractivity contribution in [3.8, 4) is 12.3 Å². The molecule has 3 heteroatoms. The van der Waals surface area contributed by atoms with Gasteiger partial charge in [0.25, 0.3) is 5.91 Å². The first kappa shape index (κ1) is 11.1. The van der Waals surface area contributed by atoms with E-state index < -0.39 is 0 Å². The monoisotopic (exact) mass is 195 g/mol. The molecule has 0 aromatic rings. The van der Waals surface area contributed by atoms with Gasteiger partial charge in [0.1, 0.15) is 0 Å². The summed E-state index contributed by atoms with van der Waals surface area (Å²) in [6.45, 7) is 2.48. The Morgan fingerprint density at radius 3 is 3.00 bits per heavy atom. The fourth-order valence-electron chi connectivity index (χ4n) is 1.99. The standard InChI is InChI=1S/C11H17NO2/c1-3-11(14)12-7-5-4-6-10(12)8-9(2)13/h1,9-10,13H,4-8H2,2H3. The van der Waals surface area contributed by atoms with Gasteiger partial charge in [0, 0.05) is 12.6 Å². The summed E-state index contributed by atoms with van der Waals surface area (Å²) in [4.78, 5) is 13.1. The molecule has 1 aliphatic rings. The summed E-state index contributed by atoms with van der Waals surface area (Å²) in [7, 11) is 0. The predicted octanol–water partition coefficient (Wildman–Crippen LogP) is 0.772.